The topological polar surface area (TPSA) is 0 Å². The van der Waals surface area contributed by atoms with E-state index in [9.17, 15) is 0 Å². The van der Waals surface area contributed by atoms with Gasteiger partial charge in [0.05, 0.1) is 0 Å². The van der Waals surface area contributed by atoms with E-state index in [1.807, 2.05) is 11.8 Å². The Balaban J connectivity index is 2.43. The van der Waals surface area contributed by atoms with Gasteiger partial charge >= 0.3 is 0 Å². The Morgan fingerprint density at radius 2 is 1.79 bits per heavy atom. The summed E-state index contributed by atoms with van der Waals surface area (Å²) in [5, 5.41) is 2.76. The van der Waals surface area contributed by atoms with E-state index < -0.39 is 0 Å². The molecule has 0 aliphatic carbocycles. The van der Waals surface area contributed by atoms with E-state index in [1.165, 1.54) is 28.5 Å². The molecule has 0 aliphatic rings. The molecule has 0 heterocycles. The standard InChI is InChI=1S/C13H14S/c1-14-10-9-12-7-4-6-11-5-2-3-8-13(11)12/h2-8H,9-10H2,1H3. The molecule has 72 valence electrons. The molecule has 0 amide bonds. The fraction of sp³-hybridized carbons (Fsp3) is 0.231. The van der Waals surface area contributed by atoms with Crippen LogP contribution in [0.2, 0.25) is 0 Å². The minimum atomic E-state index is 1.17. The first-order chi connectivity index (χ1) is 6.92. The Labute approximate surface area is 89.3 Å². The number of thioether (sulfide) groups is 1. The highest BCUT2D eigenvalue weighted by molar-refractivity contribution is 7.98. The number of hydrogen-bond acceptors (Lipinski definition) is 1. The van der Waals surface area contributed by atoms with Crippen LogP contribution in [0.3, 0.4) is 0 Å². The quantitative estimate of drug-likeness (QED) is 0.730. The van der Waals surface area contributed by atoms with Crippen LogP contribution in [-0.4, -0.2) is 12.0 Å². The van der Waals surface area contributed by atoms with Gasteiger partial charge in [-0.05, 0) is 34.8 Å². The Morgan fingerprint density at radius 3 is 2.64 bits per heavy atom. The molecule has 1 heteroatoms. The second-order valence-corrected chi connectivity index (χ2v) is 4.37. The fourth-order valence-electron chi connectivity index (χ4n) is 1.72. The van der Waals surface area contributed by atoms with E-state index >= 15 is 0 Å². The van der Waals surface area contributed by atoms with E-state index in [4.69, 9.17) is 0 Å². The van der Waals surface area contributed by atoms with Crippen LogP contribution in [0.25, 0.3) is 10.8 Å². The lowest BCUT2D eigenvalue weighted by Gasteiger charge is -2.04. The van der Waals surface area contributed by atoms with Crippen LogP contribution < -0.4 is 0 Å². The first-order valence-electron chi connectivity index (χ1n) is 4.87. The Kier molecular flexibility index (Phi) is 3.10. The van der Waals surface area contributed by atoms with E-state index in [1.54, 1.807) is 0 Å². The third kappa shape index (κ3) is 1.93. The Bertz CT molecular complexity index is 415. The highest BCUT2D eigenvalue weighted by Gasteiger charge is 1.98. The van der Waals surface area contributed by atoms with Gasteiger partial charge in [-0.2, -0.15) is 11.8 Å². The van der Waals surface area contributed by atoms with Gasteiger partial charge in [-0.25, -0.2) is 0 Å². The maximum absolute atomic E-state index is 2.23. The molecule has 14 heavy (non-hydrogen) atoms. The van der Waals surface area contributed by atoms with Crippen molar-refractivity contribution in [2.24, 2.45) is 0 Å². The van der Waals surface area contributed by atoms with Gasteiger partial charge in [0.1, 0.15) is 0 Å². The third-order valence-corrected chi connectivity index (χ3v) is 3.07. The molecule has 0 aliphatic heterocycles. The molecule has 0 saturated heterocycles. The molecule has 0 saturated carbocycles. The first kappa shape index (κ1) is 9.60. The van der Waals surface area contributed by atoms with Crippen LogP contribution in [0, 0.1) is 0 Å². The number of fused-ring (bicyclic) bond motifs is 1. The molecule has 0 unspecified atom stereocenters. The summed E-state index contributed by atoms with van der Waals surface area (Å²) in [4.78, 5) is 0. The lowest BCUT2D eigenvalue weighted by molar-refractivity contribution is 1.18. The minimum absolute atomic E-state index is 1.17. The van der Waals surface area contributed by atoms with Crippen LogP contribution in [0.15, 0.2) is 42.5 Å². The normalized spacial score (nSPS) is 10.6. The van der Waals surface area contributed by atoms with Crippen molar-refractivity contribution in [1.29, 1.82) is 0 Å². The number of hydrogen-bond donors (Lipinski definition) is 0. The monoisotopic (exact) mass is 202 g/mol. The smallest absolute Gasteiger partial charge is 0.00295 e. The van der Waals surface area contributed by atoms with Gasteiger partial charge < -0.3 is 0 Å². The second kappa shape index (κ2) is 4.52. The second-order valence-electron chi connectivity index (χ2n) is 3.38. The zero-order valence-corrected chi connectivity index (χ0v) is 9.18. The molecule has 0 radical (unpaired) electrons. The summed E-state index contributed by atoms with van der Waals surface area (Å²) in [5.74, 6) is 1.20. The maximum Gasteiger partial charge on any atom is -0.00295 e. The summed E-state index contributed by atoms with van der Waals surface area (Å²) in [7, 11) is 0. The predicted molar refractivity (Wildman–Crippen MR) is 66.0 cm³/mol. The SMILES string of the molecule is CSCCc1cccc2ccccc12. The summed E-state index contributed by atoms with van der Waals surface area (Å²) in [6.45, 7) is 0. The van der Waals surface area contributed by atoms with Crippen molar-refractivity contribution in [2.75, 3.05) is 12.0 Å². The van der Waals surface area contributed by atoms with Gasteiger partial charge in [-0.15, -0.1) is 0 Å². The number of rotatable bonds is 3. The maximum atomic E-state index is 2.23. The van der Waals surface area contributed by atoms with Crippen LogP contribution in [0.5, 0.6) is 0 Å². The van der Waals surface area contributed by atoms with Gasteiger partial charge in [0.25, 0.3) is 0 Å². The van der Waals surface area contributed by atoms with E-state index in [2.05, 4.69) is 48.7 Å². The number of aryl methyl sites for hydroxylation is 1. The summed E-state index contributed by atoms with van der Waals surface area (Å²) in [6, 6.07) is 15.2. The van der Waals surface area contributed by atoms with Gasteiger partial charge in [-0.3, -0.25) is 0 Å². The van der Waals surface area contributed by atoms with Crippen LogP contribution >= 0.6 is 11.8 Å². The lowest BCUT2D eigenvalue weighted by atomic mass is 10.0. The van der Waals surface area contributed by atoms with E-state index in [0.717, 1.165) is 0 Å². The molecule has 0 aromatic heterocycles. The summed E-state index contributed by atoms with van der Waals surface area (Å²) >= 11 is 1.91. The molecule has 2 aromatic carbocycles. The van der Waals surface area contributed by atoms with Gasteiger partial charge in [0, 0.05) is 0 Å². The van der Waals surface area contributed by atoms with Crippen molar-refractivity contribution in [3.8, 4) is 0 Å². The molecule has 0 fully saturated rings. The zero-order valence-electron chi connectivity index (χ0n) is 8.36. The van der Waals surface area contributed by atoms with E-state index in [0.29, 0.717) is 0 Å². The fourth-order valence-corrected chi connectivity index (χ4v) is 2.15. The lowest BCUT2D eigenvalue weighted by Crippen LogP contribution is -1.89. The van der Waals surface area contributed by atoms with E-state index in [-0.39, 0.29) is 0 Å². The molecule has 0 N–H and O–H groups in total. The summed E-state index contributed by atoms with van der Waals surface area (Å²) < 4.78 is 0. The molecule has 2 rings (SSSR count). The highest BCUT2D eigenvalue weighted by Crippen LogP contribution is 2.19. The molecule has 2 aromatic rings. The zero-order chi connectivity index (χ0) is 9.80. The third-order valence-electron chi connectivity index (χ3n) is 2.46. The number of benzene rings is 2. The van der Waals surface area contributed by atoms with Crippen molar-refractivity contribution in [3.05, 3.63) is 48.0 Å². The molecular weight excluding hydrogens is 188 g/mol. The summed E-state index contributed by atoms with van der Waals surface area (Å²) in [5.41, 5.74) is 1.47. The minimum Gasteiger partial charge on any atom is -0.165 e. The largest absolute Gasteiger partial charge is 0.165 e. The van der Waals surface area contributed by atoms with Crippen LogP contribution in [0.4, 0.5) is 0 Å². The highest BCUT2D eigenvalue weighted by atomic mass is 32.2. The molecule has 0 atom stereocenters. The molecule has 0 bridgehead atoms. The summed E-state index contributed by atoms with van der Waals surface area (Å²) in [6.07, 6.45) is 3.33. The molecule has 0 nitrogen and oxygen atoms in total. The van der Waals surface area contributed by atoms with Crippen molar-refractivity contribution in [3.63, 3.8) is 0 Å². The van der Waals surface area contributed by atoms with Crippen molar-refractivity contribution >= 4 is 22.5 Å². The Morgan fingerprint density at radius 1 is 1.00 bits per heavy atom. The Hall–Kier alpha value is -0.950. The van der Waals surface area contributed by atoms with Crippen LogP contribution in [-0.2, 0) is 6.42 Å². The van der Waals surface area contributed by atoms with Crippen molar-refractivity contribution < 1.29 is 0 Å². The molecular formula is C13H14S. The van der Waals surface area contributed by atoms with Gasteiger partial charge in [-0.1, -0.05) is 42.5 Å². The average Bonchev–Trinajstić information content (AvgIpc) is 2.26. The van der Waals surface area contributed by atoms with Crippen molar-refractivity contribution in [1.82, 2.24) is 0 Å². The predicted octanol–water partition coefficient (Wildman–Crippen LogP) is 3.75. The molecule has 0 spiro atoms. The van der Waals surface area contributed by atoms with Gasteiger partial charge in [0.15, 0.2) is 0 Å². The van der Waals surface area contributed by atoms with Gasteiger partial charge in [0.2, 0.25) is 0 Å². The first-order valence-corrected chi connectivity index (χ1v) is 6.27. The average molecular weight is 202 g/mol. The van der Waals surface area contributed by atoms with Crippen molar-refractivity contribution in [2.45, 2.75) is 6.42 Å². The van der Waals surface area contributed by atoms with Crippen LogP contribution in [0.1, 0.15) is 5.56 Å².